The molecule has 0 radical (unpaired) electrons. The van der Waals surface area contributed by atoms with E-state index in [2.05, 4.69) is 31.6 Å². The van der Waals surface area contributed by atoms with E-state index in [4.69, 9.17) is 4.74 Å². The van der Waals surface area contributed by atoms with Crippen molar-refractivity contribution in [2.45, 2.75) is 19.0 Å². The first-order valence-corrected chi connectivity index (χ1v) is 6.97. The fourth-order valence-corrected chi connectivity index (χ4v) is 2.65. The lowest BCUT2D eigenvalue weighted by molar-refractivity contribution is 0.134. The van der Waals surface area contributed by atoms with Gasteiger partial charge < -0.3 is 9.30 Å². The first-order valence-electron chi connectivity index (χ1n) is 6.97. The predicted octanol–water partition coefficient (Wildman–Crippen LogP) is 1.52. The zero-order valence-electron chi connectivity index (χ0n) is 11.8. The molecule has 0 unspecified atom stereocenters. The summed E-state index contributed by atoms with van der Waals surface area (Å²) < 4.78 is 7.29. The molecule has 106 valence electrons. The third-order valence-electron chi connectivity index (χ3n) is 3.86. The summed E-state index contributed by atoms with van der Waals surface area (Å²) in [4.78, 5) is 10.8. The number of nitrogens with zero attached hydrogens (tertiary/aromatic N) is 4. The Morgan fingerprint density at radius 3 is 2.80 bits per heavy atom. The molecule has 5 nitrogen and oxygen atoms in total. The number of imidazole rings is 1. The minimum Gasteiger partial charge on any atom is -0.383 e. The Hall–Kier alpha value is -1.72. The summed E-state index contributed by atoms with van der Waals surface area (Å²) in [6.07, 6.45) is 7.58. The second-order valence-electron chi connectivity index (χ2n) is 5.24. The largest absolute Gasteiger partial charge is 0.383 e. The van der Waals surface area contributed by atoms with Gasteiger partial charge in [0, 0.05) is 57.8 Å². The van der Waals surface area contributed by atoms with Gasteiger partial charge in [-0.1, -0.05) is 0 Å². The predicted molar refractivity (Wildman–Crippen MR) is 76.4 cm³/mol. The van der Waals surface area contributed by atoms with Gasteiger partial charge in [0.25, 0.3) is 0 Å². The molecule has 5 heteroatoms. The number of hydrogen-bond acceptors (Lipinski definition) is 4. The Bertz CT molecular complexity index is 534. The lowest BCUT2D eigenvalue weighted by Gasteiger charge is -2.39. The summed E-state index contributed by atoms with van der Waals surface area (Å²) in [5, 5.41) is 0. The van der Waals surface area contributed by atoms with E-state index >= 15 is 0 Å². The topological polar surface area (TPSA) is 43.2 Å². The fraction of sp³-hybridized carbons (Fsp3) is 0.467. The fourth-order valence-electron chi connectivity index (χ4n) is 2.65. The van der Waals surface area contributed by atoms with Crippen LogP contribution in [0.5, 0.6) is 0 Å². The molecule has 1 fully saturated rings. The third kappa shape index (κ3) is 2.89. The van der Waals surface area contributed by atoms with E-state index in [0.29, 0.717) is 5.92 Å². The maximum Gasteiger partial charge on any atom is 0.0949 e. The van der Waals surface area contributed by atoms with Crippen molar-refractivity contribution >= 4 is 0 Å². The van der Waals surface area contributed by atoms with Crippen LogP contribution in [-0.4, -0.2) is 46.2 Å². The van der Waals surface area contributed by atoms with Crippen molar-refractivity contribution in [3.05, 3.63) is 48.3 Å². The van der Waals surface area contributed by atoms with Crippen molar-refractivity contribution < 1.29 is 4.74 Å². The van der Waals surface area contributed by atoms with E-state index in [9.17, 15) is 0 Å². The number of aromatic nitrogens is 3. The summed E-state index contributed by atoms with van der Waals surface area (Å²) in [6, 6.07) is 4.23. The first kappa shape index (κ1) is 13.3. The number of hydrogen-bond donors (Lipinski definition) is 0. The van der Waals surface area contributed by atoms with Crippen molar-refractivity contribution in [2.24, 2.45) is 0 Å². The van der Waals surface area contributed by atoms with Gasteiger partial charge in [0.05, 0.1) is 18.6 Å². The summed E-state index contributed by atoms with van der Waals surface area (Å²) in [5.41, 5.74) is 2.65. The maximum absolute atomic E-state index is 5.12. The van der Waals surface area contributed by atoms with Gasteiger partial charge in [0.15, 0.2) is 0 Å². The average molecular weight is 272 g/mol. The Morgan fingerprint density at radius 1 is 1.25 bits per heavy atom. The SMILES string of the molecule is COCCn1cncc1CN1CC(c2ccncc2)C1. The summed E-state index contributed by atoms with van der Waals surface area (Å²) in [7, 11) is 1.73. The highest BCUT2D eigenvalue weighted by Gasteiger charge is 2.28. The third-order valence-corrected chi connectivity index (χ3v) is 3.86. The van der Waals surface area contributed by atoms with Gasteiger partial charge in [0.1, 0.15) is 0 Å². The molecule has 0 atom stereocenters. The molecule has 1 aliphatic rings. The number of likely N-dealkylation sites (tertiary alicyclic amines) is 1. The van der Waals surface area contributed by atoms with Crippen LogP contribution in [0, 0.1) is 0 Å². The van der Waals surface area contributed by atoms with Crippen molar-refractivity contribution in [3.8, 4) is 0 Å². The highest BCUT2D eigenvalue weighted by Crippen LogP contribution is 2.27. The molecule has 0 amide bonds. The van der Waals surface area contributed by atoms with Crippen LogP contribution in [0.2, 0.25) is 0 Å². The van der Waals surface area contributed by atoms with Gasteiger partial charge in [-0.2, -0.15) is 0 Å². The van der Waals surface area contributed by atoms with Crippen molar-refractivity contribution in [2.75, 3.05) is 26.8 Å². The van der Waals surface area contributed by atoms with Crippen LogP contribution in [0.1, 0.15) is 17.2 Å². The Kier molecular flexibility index (Phi) is 4.08. The Balaban J connectivity index is 1.53. The second-order valence-corrected chi connectivity index (χ2v) is 5.24. The molecule has 0 aliphatic carbocycles. The highest BCUT2D eigenvalue weighted by molar-refractivity contribution is 5.20. The Labute approximate surface area is 119 Å². The van der Waals surface area contributed by atoms with E-state index in [0.717, 1.165) is 32.8 Å². The van der Waals surface area contributed by atoms with E-state index in [1.54, 1.807) is 7.11 Å². The van der Waals surface area contributed by atoms with E-state index in [1.807, 2.05) is 24.9 Å². The minimum absolute atomic E-state index is 0.647. The average Bonchev–Trinajstić information content (AvgIpc) is 2.88. The molecule has 20 heavy (non-hydrogen) atoms. The van der Waals surface area contributed by atoms with E-state index in [-0.39, 0.29) is 0 Å². The van der Waals surface area contributed by atoms with E-state index in [1.165, 1.54) is 11.3 Å². The molecular formula is C15H20N4O. The molecule has 0 aromatic carbocycles. The lowest BCUT2D eigenvalue weighted by atomic mass is 9.92. The van der Waals surface area contributed by atoms with Crippen LogP contribution in [0.4, 0.5) is 0 Å². The standard InChI is InChI=1S/C15H20N4O/c1-20-7-6-19-12-17-8-15(19)11-18-9-14(10-18)13-2-4-16-5-3-13/h2-5,8,12,14H,6-7,9-11H2,1H3. The zero-order valence-corrected chi connectivity index (χ0v) is 11.8. The zero-order chi connectivity index (χ0) is 13.8. The molecule has 1 saturated heterocycles. The van der Waals surface area contributed by atoms with Crippen LogP contribution >= 0.6 is 0 Å². The smallest absolute Gasteiger partial charge is 0.0949 e. The number of rotatable bonds is 6. The summed E-state index contributed by atoms with van der Waals surface area (Å²) in [6.45, 7) is 4.78. The van der Waals surface area contributed by atoms with Gasteiger partial charge in [-0.25, -0.2) is 4.98 Å². The van der Waals surface area contributed by atoms with Crippen LogP contribution in [0.3, 0.4) is 0 Å². The van der Waals surface area contributed by atoms with Crippen molar-refractivity contribution in [1.29, 1.82) is 0 Å². The summed E-state index contributed by atoms with van der Waals surface area (Å²) >= 11 is 0. The number of pyridine rings is 1. The molecular weight excluding hydrogens is 252 g/mol. The van der Waals surface area contributed by atoms with Crippen molar-refractivity contribution in [3.63, 3.8) is 0 Å². The number of methoxy groups -OCH3 is 1. The van der Waals surface area contributed by atoms with Crippen LogP contribution < -0.4 is 0 Å². The molecule has 3 heterocycles. The monoisotopic (exact) mass is 272 g/mol. The van der Waals surface area contributed by atoms with Gasteiger partial charge in [-0.3, -0.25) is 9.88 Å². The van der Waals surface area contributed by atoms with Gasteiger partial charge in [-0.05, 0) is 17.7 Å². The lowest BCUT2D eigenvalue weighted by Crippen LogP contribution is -2.44. The summed E-state index contributed by atoms with van der Waals surface area (Å²) in [5.74, 6) is 0.647. The maximum atomic E-state index is 5.12. The van der Waals surface area contributed by atoms with Crippen LogP contribution in [0.25, 0.3) is 0 Å². The first-order chi connectivity index (χ1) is 9.86. The number of ether oxygens (including phenoxy) is 1. The minimum atomic E-state index is 0.647. The van der Waals surface area contributed by atoms with Gasteiger partial charge in [0.2, 0.25) is 0 Å². The van der Waals surface area contributed by atoms with Crippen LogP contribution in [-0.2, 0) is 17.8 Å². The molecule has 0 saturated carbocycles. The molecule has 0 N–H and O–H groups in total. The van der Waals surface area contributed by atoms with Gasteiger partial charge in [-0.15, -0.1) is 0 Å². The van der Waals surface area contributed by atoms with Crippen molar-refractivity contribution in [1.82, 2.24) is 19.4 Å². The molecule has 0 spiro atoms. The quantitative estimate of drug-likeness (QED) is 0.800. The normalized spacial score (nSPS) is 16.2. The van der Waals surface area contributed by atoms with Crippen LogP contribution in [0.15, 0.2) is 37.1 Å². The second kappa shape index (κ2) is 6.15. The molecule has 2 aromatic rings. The van der Waals surface area contributed by atoms with E-state index < -0.39 is 0 Å². The highest BCUT2D eigenvalue weighted by atomic mass is 16.5. The van der Waals surface area contributed by atoms with Gasteiger partial charge >= 0.3 is 0 Å². The molecule has 2 aromatic heterocycles. The molecule has 1 aliphatic heterocycles. The Morgan fingerprint density at radius 2 is 2.05 bits per heavy atom. The molecule has 3 rings (SSSR count). The molecule has 0 bridgehead atoms.